The quantitative estimate of drug-likeness (QED) is 0.786. The van der Waals surface area contributed by atoms with Crippen molar-refractivity contribution in [3.63, 3.8) is 0 Å². The maximum atomic E-state index is 11.8. The number of carbonyl (C=O) groups is 1. The van der Waals surface area contributed by atoms with E-state index < -0.39 is 0 Å². The summed E-state index contributed by atoms with van der Waals surface area (Å²) in [6.07, 6.45) is 5.57. The van der Waals surface area contributed by atoms with Crippen molar-refractivity contribution < 1.29 is 4.79 Å². The second-order valence-corrected chi connectivity index (χ2v) is 4.12. The van der Waals surface area contributed by atoms with Crippen LogP contribution < -0.4 is 10.6 Å². The van der Waals surface area contributed by atoms with Crippen LogP contribution >= 0.6 is 0 Å². The molecule has 4 heteroatoms. The molecule has 16 heavy (non-hydrogen) atoms. The zero-order chi connectivity index (χ0) is 11.2. The lowest BCUT2D eigenvalue weighted by molar-refractivity contribution is -0.125. The fourth-order valence-corrected chi connectivity index (χ4v) is 1.91. The van der Waals surface area contributed by atoms with Gasteiger partial charge in [0.1, 0.15) is 0 Å². The Hall–Kier alpha value is -1.42. The lowest BCUT2D eigenvalue weighted by atomic mass is 9.99. The number of nitrogens with zero attached hydrogens (tertiary/aromatic N) is 1. The van der Waals surface area contributed by atoms with E-state index in [0.29, 0.717) is 6.54 Å². The molecule has 4 nitrogen and oxygen atoms in total. The predicted molar refractivity (Wildman–Crippen MR) is 61.7 cm³/mol. The molecule has 2 heterocycles. The highest BCUT2D eigenvalue weighted by molar-refractivity contribution is 5.78. The van der Waals surface area contributed by atoms with Crippen LogP contribution in [0.15, 0.2) is 24.5 Å². The summed E-state index contributed by atoms with van der Waals surface area (Å²) < 4.78 is 0. The second-order valence-electron chi connectivity index (χ2n) is 4.12. The van der Waals surface area contributed by atoms with Gasteiger partial charge in [0.05, 0.1) is 5.92 Å². The fourth-order valence-electron chi connectivity index (χ4n) is 1.91. The number of hydrogen-bond acceptors (Lipinski definition) is 3. The number of carbonyl (C=O) groups excluding carboxylic acids is 1. The van der Waals surface area contributed by atoms with E-state index in [2.05, 4.69) is 15.6 Å². The third-order valence-electron chi connectivity index (χ3n) is 2.88. The number of nitrogens with one attached hydrogen (secondary N) is 2. The van der Waals surface area contributed by atoms with E-state index in [4.69, 9.17) is 0 Å². The van der Waals surface area contributed by atoms with Crippen LogP contribution in [0.5, 0.6) is 0 Å². The molecular weight excluding hydrogens is 202 g/mol. The normalized spacial score (nSPS) is 20.4. The molecule has 0 bridgehead atoms. The monoisotopic (exact) mass is 219 g/mol. The summed E-state index contributed by atoms with van der Waals surface area (Å²) in [5, 5.41) is 6.21. The lowest BCUT2D eigenvalue weighted by Crippen LogP contribution is -2.40. The van der Waals surface area contributed by atoms with Crippen molar-refractivity contribution in [1.82, 2.24) is 15.6 Å². The van der Waals surface area contributed by atoms with Crippen LogP contribution in [0, 0.1) is 5.92 Å². The summed E-state index contributed by atoms with van der Waals surface area (Å²) in [5.41, 5.74) is 1.09. The SMILES string of the molecule is O=C(NCc1ccncc1)[C@@H]1CCCNC1. The van der Waals surface area contributed by atoms with E-state index in [9.17, 15) is 4.79 Å². The number of amides is 1. The summed E-state index contributed by atoms with van der Waals surface area (Å²) >= 11 is 0. The standard InChI is InChI=1S/C12H17N3O/c16-12(11-2-1-5-14-9-11)15-8-10-3-6-13-7-4-10/h3-4,6-7,11,14H,1-2,5,8-9H2,(H,15,16)/t11-/m1/s1. The second kappa shape index (κ2) is 5.61. The van der Waals surface area contributed by atoms with Crippen LogP contribution in [0.4, 0.5) is 0 Å². The summed E-state index contributed by atoms with van der Waals surface area (Å²) in [6, 6.07) is 3.83. The highest BCUT2D eigenvalue weighted by Gasteiger charge is 2.20. The molecule has 0 spiro atoms. The molecule has 1 fully saturated rings. The molecule has 1 saturated heterocycles. The van der Waals surface area contributed by atoms with Gasteiger partial charge in [-0.3, -0.25) is 9.78 Å². The predicted octanol–water partition coefficient (Wildman–Crippen LogP) is 0.697. The Bertz CT molecular complexity index is 333. The van der Waals surface area contributed by atoms with Gasteiger partial charge in [0.25, 0.3) is 0 Å². The summed E-state index contributed by atoms with van der Waals surface area (Å²) in [4.78, 5) is 15.7. The Morgan fingerprint density at radius 3 is 3.00 bits per heavy atom. The van der Waals surface area contributed by atoms with Crippen LogP contribution in [0.3, 0.4) is 0 Å². The van der Waals surface area contributed by atoms with E-state index in [-0.39, 0.29) is 11.8 Å². The van der Waals surface area contributed by atoms with Gasteiger partial charge in [0, 0.05) is 25.5 Å². The van der Waals surface area contributed by atoms with Crippen molar-refractivity contribution in [3.05, 3.63) is 30.1 Å². The molecule has 1 aromatic rings. The van der Waals surface area contributed by atoms with Crippen molar-refractivity contribution in [3.8, 4) is 0 Å². The van der Waals surface area contributed by atoms with E-state index in [1.54, 1.807) is 12.4 Å². The topological polar surface area (TPSA) is 54.0 Å². The van der Waals surface area contributed by atoms with E-state index in [1.807, 2.05) is 12.1 Å². The first-order chi connectivity index (χ1) is 7.86. The largest absolute Gasteiger partial charge is 0.352 e. The van der Waals surface area contributed by atoms with Gasteiger partial charge in [-0.25, -0.2) is 0 Å². The minimum atomic E-state index is 0.135. The Labute approximate surface area is 95.5 Å². The molecule has 1 atom stereocenters. The molecule has 1 aliphatic rings. The third-order valence-corrected chi connectivity index (χ3v) is 2.88. The van der Waals surface area contributed by atoms with Gasteiger partial charge >= 0.3 is 0 Å². The molecule has 86 valence electrons. The Balaban J connectivity index is 1.79. The van der Waals surface area contributed by atoms with E-state index >= 15 is 0 Å². The van der Waals surface area contributed by atoms with Gasteiger partial charge < -0.3 is 10.6 Å². The van der Waals surface area contributed by atoms with Crippen molar-refractivity contribution in [2.24, 2.45) is 5.92 Å². The first kappa shape index (κ1) is 11.1. The highest BCUT2D eigenvalue weighted by Crippen LogP contribution is 2.09. The number of pyridine rings is 1. The molecule has 1 aliphatic heterocycles. The molecule has 0 saturated carbocycles. The molecular formula is C12H17N3O. The van der Waals surface area contributed by atoms with Gasteiger partial charge in [0.2, 0.25) is 5.91 Å². The highest BCUT2D eigenvalue weighted by atomic mass is 16.1. The Morgan fingerprint density at radius 1 is 1.50 bits per heavy atom. The molecule has 2 N–H and O–H groups in total. The van der Waals surface area contributed by atoms with Crippen LogP contribution in [0.1, 0.15) is 18.4 Å². The number of hydrogen-bond donors (Lipinski definition) is 2. The maximum absolute atomic E-state index is 11.8. The number of rotatable bonds is 3. The van der Waals surface area contributed by atoms with Gasteiger partial charge in [-0.2, -0.15) is 0 Å². The minimum absolute atomic E-state index is 0.135. The van der Waals surface area contributed by atoms with Crippen molar-refractivity contribution >= 4 is 5.91 Å². The fraction of sp³-hybridized carbons (Fsp3) is 0.500. The van der Waals surface area contributed by atoms with E-state index in [1.165, 1.54) is 0 Å². The van der Waals surface area contributed by atoms with Crippen LogP contribution in [-0.4, -0.2) is 24.0 Å². The molecule has 0 unspecified atom stereocenters. The van der Waals surface area contributed by atoms with Crippen molar-refractivity contribution in [2.45, 2.75) is 19.4 Å². The molecule has 0 aromatic carbocycles. The van der Waals surface area contributed by atoms with Gasteiger partial charge in [-0.1, -0.05) is 0 Å². The average Bonchev–Trinajstić information content (AvgIpc) is 2.38. The van der Waals surface area contributed by atoms with Gasteiger partial charge in [-0.15, -0.1) is 0 Å². The first-order valence-electron chi connectivity index (χ1n) is 5.73. The minimum Gasteiger partial charge on any atom is -0.352 e. The van der Waals surface area contributed by atoms with Crippen molar-refractivity contribution in [1.29, 1.82) is 0 Å². The maximum Gasteiger partial charge on any atom is 0.224 e. The molecule has 1 aromatic heterocycles. The summed E-state index contributed by atoms with van der Waals surface area (Å²) in [5.74, 6) is 0.291. The van der Waals surface area contributed by atoms with Crippen LogP contribution in [-0.2, 0) is 11.3 Å². The van der Waals surface area contributed by atoms with Crippen LogP contribution in [0.2, 0.25) is 0 Å². The summed E-state index contributed by atoms with van der Waals surface area (Å²) in [6.45, 7) is 2.44. The zero-order valence-corrected chi connectivity index (χ0v) is 9.28. The smallest absolute Gasteiger partial charge is 0.224 e. The van der Waals surface area contributed by atoms with Crippen molar-refractivity contribution in [2.75, 3.05) is 13.1 Å². The lowest BCUT2D eigenvalue weighted by Gasteiger charge is -2.21. The van der Waals surface area contributed by atoms with Gasteiger partial charge in [0.15, 0.2) is 0 Å². The number of piperidine rings is 1. The molecule has 0 aliphatic carbocycles. The first-order valence-corrected chi connectivity index (χ1v) is 5.73. The van der Waals surface area contributed by atoms with Crippen LogP contribution in [0.25, 0.3) is 0 Å². The van der Waals surface area contributed by atoms with Gasteiger partial charge in [-0.05, 0) is 37.1 Å². The summed E-state index contributed by atoms with van der Waals surface area (Å²) in [7, 11) is 0. The average molecular weight is 219 g/mol. The number of aromatic nitrogens is 1. The zero-order valence-electron chi connectivity index (χ0n) is 9.28. The molecule has 1 amide bonds. The Morgan fingerprint density at radius 2 is 2.31 bits per heavy atom. The Kier molecular flexibility index (Phi) is 3.88. The molecule has 0 radical (unpaired) electrons. The molecule has 2 rings (SSSR count). The van der Waals surface area contributed by atoms with E-state index in [0.717, 1.165) is 31.5 Å². The third kappa shape index (κ3) is 3.03.